The Hall–Kier alpha value is -1.07. The Labute approximate surface area is 125 Å². The molecule has 1 unspecified atom stereocenters. The van der Waals surface area contributed by atoms with Crippen LogP contribution in [0.25, 0.3) is 0 Å². The number of nitrogens with two attached hydrogens (primary N) is 1. The summed E-state index contributed by atoms with van der Waals surface area (Å²) in [4.78, 5) is 0. The summed E-state index contributed by atoms with van der Waals surface area (Å²) in [7, 11) is 1.64. The van der Waals surface area contributed by atoms with Crippen LogP contribution in [0.1, 0.15) is 17.2 Å². The third kappa shape index (κ3) is 3.28. The fourth-order valence-corrected chi connectivity index (χ4v) is 2.39. The van der Waals surface area contributed by atoms with E-state index < -0.39 is 0 Å². The summed E-state index contributed by atoms with van der Waals surface area (Å²) in [6.45, 7) is 0. The van der Waals surface area contributed by atoms with Gasteiger partial charge in [0.05, 0.1) is 18.2 Å². The van der Waals surface area contributed by atoms with E-state index in [2.05, 4.69) is 21.4 Å². The lowest BCUT2D eigenvalue weighted by atomic mass is 9.99. The van der Waals surface area contributed by atoms with Crippen molar-refractivity contribution in [2.75, 3.05) is 7.11 Å². The van der Waals surface area contributed by atoms with E-state index >= 15 is 0 Å². The molecule has 0 radical (unpaired) electrons. The Morgan fingerprint density at radius 1 is 1.16 bits per heavy atom. The lowest BCUT2D eigenvalue weighted by molar-refractivity contribution is 0.414. The lowest BCUT2D eigenvalue weighted by Crippen LogP contribution is -2.28. The summed E-state index contributed by atoms with van der Waals surface area (Å²) >= 11 is 9.42. The van der Waals surface area contributed by atoms with Crippen molar-refractivity contribution < 1.29 is 4.74 Å². The largest absolute Gasteiger partial charge is 0.497 e. The second kappa shape index (κ2) is 6.39. The molecule has 0 aliphatic rings. The molecule has 2 rings (SSSR count). The minimum absolute atomic E-state index is 0.0977. The van der Waals surface area contributed by atoms with E-state index in [9.17, 15) is 0 Å². The van der Waals surface area contributed by atoms with E-state index in [0.717, 1.165) is 21.3 Å². The molecule has 0 heterocycles. The summed E-state index contributed by atoms with van der Waals surface area (Å²) < 4.78 is 5.99. The van der Waals surface area contributed by atoms with Gasteiger partial charge in [-0.15, -0.1) is 0 Å². The second-order valence-electron chi connectivity index (χ2n) is 4.05. The zero-order chi connectivity index (χ0) is 13.8. The molecule has 0 saturated heterocycles. The minimum atomic E-state index is -0.0977. The number of methoxy groups -OCH3 is 1. The molecule has 19 heavy (non-hydrogen) atoms. The van der Waals surface area contributed by atoms with Crippen LogP contribution in [-0.2, 0) is 0 Å². The predicted molar refractivity (Wildman–Crippen MR) is 81.3 cm³/mol. The molecule has 0 aliphatic heterocycles. The van der Waals surface area contributed by atoms with Gasteiger partial charge < -0.3 is 4.74 Å². The quantitative estimate of drug-likeness (QED) is 0.659. The second-order valence-corrected chi connectivity index (χ2v) is 5.31. The van der Waals surface area contributed by atoms with E-state index in [4.69, 9.17) is 22.2 Å². The Balaban J connectivity index is 2.34. The number of benzene rings is 2. The lowest BCUT2D eigenvalue weighted by Gasteiger charge is -2.17. The maximum atomic E-state index is 6.00. The standard InChI is InChI=1S/C14H14BrClN2O/c1-19-11-5-2-9(3-6-11)14(18-17)10-4-7-13(16)12(15)8-10/h2-8,14,18H,17H2,1H3. The predicted octanol–water partition coefficient (Wildman–Crippen LogP) is 3.66. The molecule has 1 atom stereocenters. The van der Waals surface area contributed by atoms with Crippen LogP contribution in [0.5, 0.6) is 5.75 Å². The molecular formula is C14H14BrClN2O. The van der Waals surface area contributed by atoms with Gasteiger partial charge in [0.25, 0.3) is 0 Å². The molecule has 100 valence electrons. The first-order valence-corrected chi connectivity index (χ1v) is 6.88. The molecule has 0 aromatic heterocycles. The highest BCUT2D eigenvalue weighted by atomic mass is 79.9. The Morgan fingerprint density at radius 3 is 2.32 bits per heavy atom. The fourth-order valence-electron chi connectivity index (χ4n) is 1.87. The van der Waals surface area contributed by atoms with Crippen molar-refractivity contribution in [1.29, 1.82) is 0 Å². The molecule has 0 amide bonds. The van der Waals surface area contributed by atoms with Gasteiger partial charge in [-0.05, 0) is 51.3 Å². The van der Waals surface area contributed by atoms with Crippen LogP contribution in [0.15, 0.2) is 46.9 Å². The van der Waals surface area contributed by atoms with Crippen molar-refractivity contribution >= 4 is 27.5 Å². The van der Waals surface area contributed by atoms with Crippen LogP contribution in [0.2, 0.25) is 5.02 Å². The summed E-state index contributed by atoms with van der Waals surface area (Å²) in [5.74, 6) is 6.48. The fraction of sp³-hybridized carbons (Fsp3) is 0.143. The van der Waals surface area contributed by atoms with Crippen molar-refractivity contribution in [3.8, 4) is 5.75 Å². The number of rotatable bonds is 4. The number of hydrogen-bond acceptors (Lipinski definition) is 3. The van der Waals surface area contributed by atoms with Gasteiger partial charge >= 0.3 is 0 Å². The third-order valence-corrected chi connectivity index (χ3v) is 4.11. The van der Waals surface area contributed by atoms with Gasteiger partial charge in [0.15, 0.2) is 0 Å². The molecule has 0 saturated carbocycles. The SMILES string of the molecule is COc1ccc(C(NN)c2ccc(Cl)c(Br)c2)cc1. The van der Waals surface area contributed by atoms with Crippen molar-refractivity contribution in [2.24, 2.45) is 5.84 Å². The van der Waals surface area contributed by atoms with Crippen molar-refractivity contribution in [3.05, 3.63) is 63.1 Å². The summed E-state index contributed by atoms with van der Waals surface area (Å²) in [6, 6.07) is 13.4. The van der Waals surface area contributed by atoms with Crippen molar-refractivity contribution in [1.82, 2.24) is 5.43 Å². The van der Waals surface area contributed by atoms with Crippen LogP contribution in [-0.4, -0.2) is 7.11 Å². The van der Waals surface area contributed by atoms with E-state index in [1.165, 1.54) is 0 Å². The van der Waals surface area contributed by atoms with E-state index in [0.29, 0.717) is 5.02 Å². The summed E-state index contributed by atoms with van der Waals surface area (Å²) in [5.41, 5.74) is 4.90. The Bertz CT molecular complexity index is 560. The molecule has 0 aliphatic carbocycles. The number of halogens is 2. The Kier molecular flexibility index (Phi) is 4.82. The van der Waals surface area contributed by atoms with Crippen LogP contribution in [0, 0.1) is 0 Å². The van der Waals surface area contributed by atoms with Crippen molar-refractivity contribution in [2.45, 2.75) is 6.04 Å². The molecule has 0 bridgehead atoms. The van der Waals surface area contributed by atoms with Crippen LogP contribution < -0.4 is 16.0 Å². The van der Waals surface area contributed by atoms with Crippen molar-refractivity contribution in [3.63, 3.8) is 0 Å². The molecule has 2 aromatic carbocycles. The monoisotopic (exact) mass is 340 g/mol. The van der Waals surface area contributed by atoms with Gasteiger partial charge in [-0.2, -0.15) is 0 Å². The average molecular weight is 342 g/mol. The number of hydrogen-bond donors (Lipinski definition) is 2. The van der Waals surface area contributed by atoms with Gasteiger partial charge in [-0.1, -0.05) is 29.8 Å². The molecule has 5 heteroatoms. The smallest absolute Gasteiger partial charge is 0.118 e. The molecule has 2 aromatic rings. The van der Waals surface area contributed by atoms with Gasteiger partial charge in [-0.25, -0.2) is 5.43 Å². The van der Waals surface area contributed by atoms with Crippen LogP contribution >= 0.6 is 27.5 Å². The van der Waals surface area contributed by atoms with Gasteiger partial charge in [0, 0.05) is 4.47 Å². The summed E-state index contributed by atoms with van der Waals surface area (Å²) in [6.07, 6.45) is 0. The zero-order valence-corrected chi connectivity index (χ0v) is 12.7. The van der Waals surface area contributed by atoms with Gasteiger partial charge in [-0.3, -0.25) is 5.84 Å². The molecule has 0 fully saturated rings. The topological polar surface area (TPSA) is 47.3 Å². The average Bonchev–Trinajstić information content (AvgIpc) is 2.44. The zero-order valence-electron chi connectivity index (χ0n) is 10.4. The van der Waals surface area contributed by atoms with Gasteiger partial charge in [0.1, 0.15) is 5.75 Å². The first kappa shape index (κ1) is 14.3. The minimum Gasteiger partial charge on any atom is -0.497 e. The molecule has 3 N–H and O–H groups in total. The highest BCUT2D eigenvalue weighted by molar-refractivity contribution is 9.10. The highest BCUT2D eigenvalue weighted by Gasteiger charge is 2.13. The summed E-state index contributed by atoms with van der Waals surface area (Å²) in [5, 5.41) is 0.675. The van der Waals surface area contributed by atoms with Crippen LogP contribution in [0.3, 0.4) is 0 Å². The number of hydrazine groups is 1. The maximum Gasteiger partial charge on any atom is 0.118 e. The first-order valence-electron chi connectivity index (χ1n) is 5.70. The number of nitrogens with one attached hydrogen (secondary N) is 1. The molecule has 0 spiro atoms. The van der Waals surface area contributed by atoms with E-state index in [1.807, 2.05) is 42.5 Å². The van der Waals surface area contributed by atoms with Gasteiger partial charge in [0.2, 0.25) is 0 Å². The first-order chi connectivity index (χ1) is 9.15. The third-order valence-electron chi connectivity index (χ3n) is 2.89. The maximum absolute atomic E-state index is 6.00. The van der Waals surface area contributed by atoms with E-state index in [-0.39, 0.29) is 6.04 Å². The van der Waals surface area contributed by atoms with E-state index in [1.54, 1.807) is 7.11 Å². The highest BCUT2D eigenvalue weighted by Crippen LogP contribution is 2.29. The Morgan fingerprint density at radius 2 is 1.79 bits per heavy atom. The molecule has 3 nitrogen and oxygen atoms in total. The van der Waals surface area contributed by atoms with Crippen LogP contribution in [0.4, 0.5) is 0 Å². The normalized spacial score (nSPS) is 12.2. The molecular weight excluding hydrogens is 328 g/mol. The number of ether oxygens (including phenoxy) is 1.